The van der Waals surface area contributed by atoms with Crippen molar-refractivity contribution in [2.45, 2.75) is 25.3 Å². The second kappa shape index (κ2) is 9.79. The Kier molecular flexibility index (Phi) is 7.41. The van der Waals surface area contributed by atoms with E-state index in [1.807, 2.05) is 31.3 Å². The fourth-order valence-electron chi connectivity index (χ4n) is 2.64. The molecule has 2 rings (SSSR count). The largest absolute Gasteiger partial charge is 0.497 e. The summed E-state index contributed by atoms with van der Waals surface area (Å²) in [5, 5.41) is 6.13. The van der Waals surface area contributed by atoms with E-state index in [0.29, 0.717) is 12.8 Å². The topological polar surface area (TPSA) is 50.4 Å². The van der Waals surface area contributed by atoms with Gasteiger partial charge in [-0.3, -0.25) is 4.79 Å². The first-order valence-electron chi connectivity index (χ1n) is 8.44. The summed E-state index contributed by atoms with van der Waals surface area (Å²) in [4.78, 5) is 12.2. The molecule has 2 aromatic rings. The molecule has 0 aliphatic carbocycles. The number of halogens is 1. The quantitative estimate of drug-likeness (QED) is 0.687. The molecule has 0 aliphatic rings. The van der Waals surface area contributed by atoms with Crippen LogP contribution in [0, 0.1) is 5.82 Å². The SMILES string of the molecule is CNCCCC(=O)NC(Cc1ccc(F)cc1)c1ccc(OC)cc1. The van der Waals surface area contributed by atoms with E-state index in [0.717, 1.165) is 29.8 Å². The molecule has 0 fully saturated rings. The van der Waals surface area contributed by atoms with Crippen LogP contribution in [0.2, 0.25) is 0 Å². The highest BCUT2D eigenvalue weighted by Gasteiger charge is 2.15. The van der Waals surface area contributed by atoms with Crippen LogP contribution in [0.4, 0.5) is 4.39 Å². The van der Waals surface area contributed by atoms with E-state index >= 15 is 0 Å². The molecule has 0 heterocycles. The molecular weight excluding hydrogens is 319 g/mol. The van der Waals surface area contributed by atoms with Gasteiger partial charge in [0.05, 0.1) is 13.2 Å². The van der Waals surface area contributed by atoms with Crippen molar-refractivity contribution in [2.75, 3.05) is 20.7 Å². The highest BCUT2D eigenvalue weighted by molar-refractivity contribution is 5.76. The first-order valence-corrected chi connectivity index (χ1v) is 8.44. The minimum absolute atomic E-state index is 0.0122. The zero-order chi connectivity index (χ0) is 18.1. The van der Waals surface area contributed by atoms with Crippen molar-refractivity contribution in [2.24, 2.45) is 0 Å². The van der Waals surface area contributed by atoms with Crippen molar-refractivity contribution >= 4 is 5.91 Å². The van der Waals surface area contributed by atoms with E-state index < -0.39 is 0 Å². The number of hydrogen-bond acceptors (Lipinski definition) is 3. The first kappa shape index (κ1) is 18.9. The van der Waals surface area contributed by atoms with Crippen LogP contribution >= 0.6 is 0 Å². The van der Waals surface area contributed by atoms with Crippen LogP contribution in [0.5, 0.6) is 5.75 Å². The lowest BCUT2D eigenvalue weighted by molar-refractivity contribution is -0.121. The van der Waals surface area contributed by atoms with Gasteiger partial charge in [-0.15, -0.1) is 0 Å². The predicted octanol–water partition coefficient (Wildman–Crippen LogP) is 3.23. The summed E-state index contributed by atoms with van der Waals surface area (Å²) in [6, 6.07) is 13.9. The summed E-state index contributed by atoms with van der Waals surface area (Å²) in [5.41, 5.74) is 1.96. The van der Waals surface area contributed by atoms with E-state index in [9.17, 15) is 9.18 Å². The second-order valence-corrected chi connectivity index (χ2v) is 5.93. The van der Waals surface area contributed by atoms with Crippen LogP contribution in [0.15, 0.2) is 48.5 Å². The molecule has 5 heteroatoms. The summed E-state index contributed by atoms with van der Waals surface area (Å²) in [5.74, 6) is 0.517. The van der Waals surface area contributed by atoms with Gasteiger partial charge in [-0.2, -0.15) is 0 Å². The Morgan fingerprint density at radius 1 is 1.12 bits per heavy atom. The monoisotopic (exact) mass is 344 g/mol. The molecule has 1 atom stereocenters. The lowest BCUT2D eigenvalue weighted by atomic mass is 9.98. The number of carbonyl (C=O) groups excluding carboxylic acids is 1. The van der Waals surface area contributed by atoms with Gasteiger partial charge in [0.1, 0.15) is 11.6 Å². The minimum Gasteiger partial charge on any atom is -0.497 e. The lowest BCUT2D eigenvalue weighted by Crippen LogP contribution is -2.30. The fraction of sp³-hybridized carbons (Fsp3) is 0.350. The third-order valence-corrected chi connectivity index (χ3v) is 4.04. The van der Waals surface area contributed by atoms with Crippen LogP contribution in [0.1, 0.15) is 30.0 Å². The van der Waals surface area contributed by atoms with Gasteiger partial charge in [0, 0.05) is 6.42 Å². The minimum atomic E-state index is -0.263. The molecule has 2 aromatic carbocycles. The normalized spacial score (nSPS) is 11.8. The number of methoxy groups -OCH3 is 1. The van der Waals surface area contributed by atoms with E-state index in [4.69, 9.17) is 4.74 Å². The predicted molar refractivity (Wildman–Crippen MR) is 97.1 cm³/mol. The smallest absolute Gasteiger partial charge is 0.220 e. The van der Waals surface area contributed by atoms with Gasteiger partial charge in [0.15, 0.2) is 0 Å². The average molecular weight is 344 g/mol. The maximum absolute atomic E-state index is 13.1. The first-order chi connectivity index (χ1) is 12.1. The van der Waals surface area contributed by atoms with Crippen molar-refractivity contribution in [1.82, 2.24) is 10.6 Å². The molecule has 0 aliphatic heterocycles. The summed E-state index contributed by atoms with van der Waals surface area (Å²) >= 11 is 0. The number of benzene rings is 2. The maximum atomic E-state index is 13.1. The lowest BCUT2D eigenvalue weighted by Gasteiger charge is -2.20. The van der Waals surface area contributed by atoms with Crippen molar-refractivity contribution < 1.29 is 13.9 Å². The molecule has 1 amide bonds. The summed E-state index contributed by atoms with van der Waals surface area (Å²) in [6.45, 7) is 0.804. The molecular formula is C20H25FN2O2. The van der Waals surface area contributed by atoms with Gasteiger partial charge in [-0.25, -0.2) is 4.39 Å². The standard InChI is InChI=1S/C20H25FN2O2/c1-22-13-3-4-20(24)23-19(14-15-5-9-17(21)10-6-15)16-7-11-18(25-2)12-8-16/h5-12,19,22H,3-4,13-14H2,1-2H3,(H,23,24). The number of ether oxygens (including phenoxy) is 1. The number of amides is 1. The third kappa shape index (κ3) is 6.19. The van der Waals surface area contributed by atoms with Crippen LogP contribution in [0.25, 0.3) is 0 Å². The van der Waals surface area contributed by atoms with Gasteiger partial charge in [0.2, 0.25) is 5.91 Å². The van der Waals surface area contributed by atoms with Gasteiger partial charge >= 0.3 is 0 Å². The third-order valence-electron chi connectivity index (χ3n) is 4.04. The van der Waals surface area contributed by atoms with Crippen LogP contribution in [0.3, 0.4) is 0 Å². The zero-order valence-corrected chi connectivity index (χ0v) is 14.7. The Balaban J connectivity index is 2.11. The van der Waals surface area contributed by atoms with Crippen LogP contribution in [-0.4, -0.2) is 26.6 Å². The summed E-state index contributed by atoms with van der Waals surface area (Å²) < 4.78 is 18.3. The Morgan fingerprint density at radius 3 is 2.40 bits per heavy atom. The van der Waals surface area contributed by atoms with Crippen LogP contribution < -0.4 is 15.4 Å². The Bertz CT molecular complexity index is 656. The number of hydrogen-bond donors (Lipinski definition) is 2. The molecule has 0 aromatic heterocycles. The van der Waals surface area contributed by atoms with Crippen molar-refractivity contribution in [3.05, 3.63) is 65.5 Å². The highest BCUT2D eigenvalue weighted by atomic mass is 19.1. The molecule has 1 unspecified atom stereocenters. The summed E-state index contributed by atoms with van der Waals surface area (Å²) in [7, 11) is 3.49. The van der Waals surface area contributed by atoms with E-state index in [1.165, 1.54) is 12.1 Å². The Morgan fingerprint density at radius 2 is 1.80 bits per heavy atom. The molecule has 0 bridgehead atoms. The van der Waals surface area contributed by atoms with Gasteiger partial charge in [0.25, 0.3) is 0 Å². The average Bonchev–Trinajstić information content (AvgIpc) is 2.63. The number of carbonyl (C=O) groups is 1. The van der Waals surface area contributed by atoms with Gasteiger partial charge in [-0.05, 0) is 61.8 Å². The fourth-order valence-corrected chi connectivity index (χ4v) is 2.64. The summed E-state index contributed by atoms with van der Waals surface area (Å²) in [6.07, 6.45) is 1.86. The Labute approximate surface area is 148 Å². The molecule has 0 saturated carbocycles. The molecule has 0 spiro atoms. The van der Waals surface area contributed by atoms with Crippen molar-refractivity contribution in [3.63, 3.8) is 0 Å². The second-order valence-electron chi connectivity index (χ2n) is 5.93. The number of nitrogens with one attached hydrogen (secondary N) is 2. The van der Waals surface area contributed by atoms with Gasteiger partial charge in [-0.1, -0.05) is 24.3 Å². The maximum Gasteiger partial charge on any atom is 0.220 e. The van der Waals surface area contributed by atoms with Crippen molar-refractivity contribution in [1.29, 1.82) is 0 Å². The molecule has 4 nitrogen and oxygen atoms in total. The molecule has 0 saturated heterocycles. The van der Waals surface area contributed by atoms with E-state index in [-0.39, 0.29) is 17.8 Å². The van der Waals surface area contributed by atoms with Crippen LogP contribution in [-0.2, 0) is 11.2 Å². The highest BCUT2D eigenvalue weighted by Crippen LogP contribution is 2.22. The molecule has 2 N–H and O–H groups in total. The molecule has 0 radical (unpaired) electrons. The van der Waals surface area contributed by atoms with E-state index in [1.54, 1.807) is 19.2 Å². The molecule has 25 heavy (non-hydrogen) atoms. The Hall–Kier alpha value is -2.40. The molecule has 134 valence electrons. The van der Waals surface area contributed by atoms with E-state index in [2.05, 4.69) is 10.6 Å². The zero-order valence-electron chi connectivity index (χ0n) is 14.7. The van der Waals surface area contributed by atoms with Crippen molar-refractivity contribution in [3.8, 4) is 5.75 Å². The number of rotatable bonds is 9. The van der Waals surface area contributed by atoms with Gasteiger partial charge < -0.3 is 15.4 Å².